The maximum Gasteiger partial charge on any atom is 0.460 e. The fraction of sp³-hybridized carbons (Fsp3) is 0.125. The minimum Gasteiger partial charge on any atom is -0.493 e. The first-order chi connectivity index (χ1) is 19.6. The van der Waals surface area contributed by atoms with Gasteiger partial charge in [0, 0.05) is 20.9 Å². The fourth-order valence-corrected chi connectivity index (χ4v) is 7.46. The molecule has 5 nitrogen and oxygen atoms in total. The number of rotatable bonds is 8. The number of ether oxygens (including phenoxy) is 2. The van der Waals surface area contributed by atoms with Crippen molar-refractivity contribution in [1.82, 2.24) is 0 Å². The van der Waals surface area contributed by atoms with E-state index in [1.54, 1.807) is 23.5 Å². The van der Waals surface area contributed by atoms with Crippen LogP contribution in [0.1, 0.15) is 36.1 Å². The summed E-state index contributed by atoms with van der Waals surface area (Å²) in [5.41, 5.74) is 3.67. The van der Waals surface area contributed by atoms with Gasteiger partial charge in [0.25, 0.3) is 0 Å². The summed E-state index contributed by atoms with van der Waals surface area (Å²) in [5, 5.41) is 0. The van der Waals surface area contributed by atoms with E-state index >= 15 is 0 Å². The summed E-state index contributed by atoms with van der Waals surface area (Å²) < 4.78 is 24.4. The highest BCUT2D eigenvalue weighted by molar-refractivity contribution is 8.00. The van der Waals surface area contributed by atoms with E-state index < -0.39 is 8.60 Å². The monoisotopic (exact) mass is 586 g/mol. The second-order valence-corrected chi connectivity index (χ2v) is 11.8. The molecule has 202 valence electrons. The smallest absolute Gasteiger partial charge is 0.460 e. The van der Waals surface area contributed by atoms with Crippen LogP contribution in [0.3, 0.4) is 0 Å². The summed E-state index contributed by atoms with van der Waals surface area (Å²) in [7, 11) is -2.35. The zero-order chi connectivity index (χ0) is 27.5. The molecule has 6 rings (SSSR count). The standard InChI is InChI=1S/C32H27O5PS2/c1-3-34-25-15-9-13-23-27(19-21-11-5-7-17-29(21)39-31(23)25)36-38(33)37-28-20-22-12-6-8-18-30(22)40-32-24(28)14-10-16-26(32)35-4-2/h5-20,33H,3-4H2,1-2H3. The molecule has 2 heterocycles. The van der Waals surface area contributed by atoms with Gasteiger partial charge in [-0.2, -0.15) is 0 Å². The maximum atomic E-state index is 11.3. The van der Waals surface area contributed by atoms with Crippen LogP contribution >= 0.6 is 32.1 Å². The Morgan fingerprint density at radius 1 is 0.600 bits per heavy atom. The van der Waals surface area contributed by atoms with Crippen LogP contribution in [0, 0.1) is 0 Å². The van der Waals surface area contributed by atoms with Crippen molar-refractivity contribution in [2.24, 2.45) is 0 Å². The molecule has 40 heavy (non-hydrogen) atoms. The summed E-state index contributed by atoms with van der Waals surface area (Å²) in [6.45, 7) is 5.03. The first kappa shape index (κ1) is 26.9. The largest absolute Gasteiger partial charge is 0.493 e. The molecule has 0 spiro atoms. The van der Waals surface area contributed by atoms with Crippen molar-refractivity contribution >= 4 is 55.8 Å². The van der Waals surface area contributed by atoms with Crippen molar-refractivity contribution in [2.45, 2.75) is 33.4 Å². The van der Waals surface area contributed by atoms with Crippen LogP contribution in [-0.2, 0) is 9.05 Å². The molecule has 8 heteroatoms. The molecule has 0 atom stereocenters. The molecule has 0 saturated heterocycles. The topological polar surface area (TPSA) is 57.2 Å². The third-order valence-corrected chi connectivity index (χ3v) is 9.42. The lowest BCUT2D eigenvalue weighted by Crippen LogP contribution is -1.99. The lowest BCUT2D eigenvalue weighted by molar-refractivity contribution is 0.329. The van der Waals surface area contributed by atoms with Gasteiger partial charge in [-0.25, -0.2) is 0 Å². The number of hydrogen-bond acceptors (Lipinski definition) is 7. The van der Waals surface area contributed by atoms with Crippen molar-refractivity contribution < 1.29 is 23.4 Å². The summed E-state index contributed by atoms with van der Waals surface area (Å²) in [6.07, 6.45) is 3.90. The molecule has 4 aromatic carbocycles. The van der Waals surface area contributed by atoms with Crippen LogP contribution in [0.15, 0.2) is 105 Å². The van der Waals surface area contributed by atoms with Crippen LogP contribution in [0.5, 0.6) is 11.5 Å². The third kappa shape index (κ3) is 5.48. The van der Waals surface area contributed by atoms with Gasteiger partial charge in [0.2, 0.25) is 0 Å². The van der Waals surface area contributed by atoms with E-state index in [-0.39, 0.29) is 0 Å². The number of hydrogen-bond donors (Lipinski definition) is 1. The van der Waals surface area contributed by atoms with Crippen LogP contribution in [-0.4, -0.2) is 18.1 Å². The van der Waals surface area contributed by atoms with Gasteiger partial charge in [-0.15, -0.1) is 0 Å². The molecule has 2 aliphatic rings. The minimum atomic E-state index is -2.35. The van der Waals surface area contributed by atoms with E-state index in [4.69, 9.17) is 18.5 Å². The zero-order valence-electron chi connectivity index (χ0n) is 22.0. The van der Waals surface area contributed by atoms with E-state index in [2.05, 4.69) is 12.1 Å². The molecule has 1 N–H and O–H groups in total. The lowest BCUT2D eigenvalue weighted by Gasteiger charge is -2.19. The molecule has 0 bridgehead atoms. The van der Waals surface area contributed by atoms with Gasteiger partial charge in [0.1, 0.15) is 23.0 Å². The molecule has 0 aromatic heterocycles. The van der Waals surface area contributed by atoms with Crippen LogP contribution in [0.4, 0.5) is 0 Å². The lowest BCUT2D eigenvalue weighted by atomic mass is 10.1. The van der Waals surface area contributed by atoms with Crippen molar-refractivity contribution in [2.75, 3.05) is 13.2 Å². The molecular formula is C32H27O5PS2. The predicted octanol–water partition coefficient (Wildman–Crippen LogP) is 9.36. The van der Waals surface area contributed by atoms with Crippen LogP contribution in [0.2, 0.25) is 0 Å². The quantitative estimate of drug-likeness (QED) is 0.206. The summed E-state index contributed by atoms with van der Waals surface area (Å²) >= 11 is 3.26. The van der Waals surface area contributed by atoms with Gasteiger partial charge in [-0.3, -0.25) is 0 Å². The van der Waals surface area contributed by atoms with E-state index in [1.807, 2.05) is 98.8 Å². The van der Waals surface area contributed by atoms with Gasteiger partial charge in [0.05, 0.1) is 23.0 Å². The highest BCUT2D eigenvalue weighted by atomic mass is 32.2. The van der Waals surface area contributed by atoms with Gasteiger partial charge in [-0.05, 0) is 73.5 Å². The van der Waals surface area contributed by atoms with Gasteiger partial charge in [0.15, 0.2) is 0 Å². The maximum absolute atomic E-state index is 11.3. The minimum absolute atomic E-state index is 0.523. The Morgan fingerprint density at radius 2 is 1.05 bits per heavy atom. The van der Waals surface area contributed by atoms with Gasteiger partial charge < -0.3 is 23.4 Å². The number of fused-ring (bicyclic) bond motifs is 4. The second kappa shape index (κ2) is 12.0. The Balaban J connectivity index is 1.37. The number of benzene rings is 4. The normalized spacial score (nSPS) is 13.4. The highest BCUT2D eigenvalue weighted by Crippen LogP contribution is 2.53. The van der Waals surface area contributed by atoms with Crippen molar-refractivity contribution in [3.63, 3.8) is 0 Å². The van der Waals surface area contributed by atoms with E-state index in [9.17, 15) is 4.89 Å². The fourth-order valence-electron chi connectivity index (χ4n) is 4.55. The summed E-state index contributed by atoms with van der Waals surface area (Å²) in [5.74, 6) is 2.60. The molecule has 0 unspecified atom stereocenters. The third-order valence-electron chi connectivity index (χ3n) is 6.28. The summed E-state index contributed by atoms with van der Waals surface area (Å²) in [4.78, 5) is 15.3. The molecule has 0 fully saturated rings. The molecular weight excluding hydrogens is 559 g/mol. The molecule has 0 aliphatic carbocycles. The van der Waals surface area contributed by atoms with E-state index in [1.165, 1.54) is 0 Å². The van der Waals surface area contributed by atoms with Gasteiger partial charge in [-0.1, -0.05) is 72.1 Å². The van der Waals surface area contributed by atoms with Crippen molar-refractivity contribution in [1.29, 1.82) is 0 Å². The van der Waals surface area contributed by atoms with Crippen molar-refractivity contribution in [3.8, 4) is 11.5 Å². The molecule has 2 aliphatic heterocycles. The second-order valence-electron chi connectivity index (χ2n) is 8.85. The molecule has 0 radical (unpaired) electrons. The zero-order valence-corrected chi connectivity index (χ0v) is 24.5. The SMILES string of the molecule is CCOc1cccc2c1Sc1ccccc1C=C2OP(O)OC1=Cc2ccccc2Sc2c(OCC)cccc21. The van der Waals surface area contributed by atoms with Crippen LogP contribution < -0.4 is 9.47 Å². The van der Waals surface area contributed by atoms with Crippen LogP contribution in [0.25, 0.3) is 23.7 Å². The first-order valence-corrected chi connectivity index (χ1v) is 15.8. The predicted molar refractivity (Wildman–Crippen MR) is 163 cm³/mol. The Labute approximate surface area is 243 Å². The molecule has 0 amide bonds. The average Bonchev–Trinajstić information content (AvgIpc) is 3.22. The Kier molecular flexibility index (Phi) is 8.08. The highest BCUT2D eigenvalue weighted by Gasteiger charge is 2.27. The van der Waals surface area contributed by atoms with Crippen molar-refractivity contribution in [3.05, 3.63) is 107 Å². The molecule has 4 aromatic rings. The van der Waals surface area contributed by atoms with E-state index in [0.717, 1.165) is 53.3 Å². The molecule has 0 saturated carbocycles. The van der Waals surface area contributed by atoms with Gasteiger partial charge >= 0.3 is 8.60 Å². The Hall–Kier alpha value is -3.35. The average molecular weight is 587 g/mol. The Bertz CT molecular complexity index is 1500. The Morgan fingerprint density at radius 3 is 1.50 bits per heavy atom. The first-order valence-electron chi connectivity index (χ1n) is 13.0. The van der Waals surface area contributed by atoms with E-state index in [0.29, 0.717) is 24.7 Å². The summed E-state index contributed by atoms with van der Waals surface area (Å²) in [6, 6.07) is 28.0.